The molecule has 0 fully saturated rings. The predicted octanol–water partition coefficient (Wildman–Crippen LogP) is 7.31. The molecule has 0 atom stereocenters. The molecule has 2 amide bonds. The zero-order chi connectivity index (χ0) is 21.9. The molecule has 0 bridgehead atoms. The van der Waals surface area contributed by atoms with Gasteiger partial charge >= 0.3 is 0 Å². The Kier molecular flexibility index (Phi) is 10.2. The number of carbonyl (C=O) groups excluding carboxylic acids is 2. The van der Waals surface area contributed by atoms with E-state index in [4.69, 9.17) is 23.2 Å². The summed E-state index contributed by atoms with van der Waals surface area (Å²) < 4.78 is 0. The summed E-state index contributed by atoms with van der Waals surface area (Å²) >= 11 is 12.0. The normalized spacial score (nSPS) is 10.7. The molecule has 0 spiro atoms. The lowest BCUT2D eigenvalue weighted by atomic mass is 10.1. The molecule has 0 aliphatic rings. The molecule has 162 valence electrons. The van der Waals surface area contributed by atoms with E-state index in [1.165, 1.54) is 0 Å². The standard InChI is InChI=1S/C24H30Cl2N2O2/c1-17-11-13-19(25)15-21(17)27-23(29)9-7-5-3-4-6-8-10-24(30)28-22-16-20(26)14-12-18(22)2/h11-16H,3-10H2,1-2H3,(H,27,29)(H,28,30). The predicted molar refractivity (Wildman–Crippen MR) is 127 cm³/mol. The second-order valence-corrected chi connectivity index (χ2v) is 8.51. The van der Waals surface area contributed by atoms with Gasteiger partial charge in [-0.3, -0.25) is 9.59 Å². The largest absolute Gasteiger partial charge is 0.326 e. The lowest BCUT2D eigenvalue weighted by Gasteiger charge is -2.09. The van der Waals surface area contributed by atoms with Crippen molar-refractivity contribution in [1.29, 1.82) is 0 Å². The van der Waals surface area contributed by atoms with Gasteiger partial charge in [0, 0.05) is 34.3 Å². The van der Waals surface area contributed by atoms with E-state index >= 15 is 0 Å². The number of halogens is 2. The third-order valence-corrected chi connectivity index (χ3v) is 5.48. The van der Waals surface area contributed by atoms with E-state index in [0.717, 1.165) is 61.0 Å². The Hall–Kier alpha value is -2.04. The van der Waals surface area contributed by atoms with Gasteiger partial charge in [-0.1, -0.05) is 61.0 Å². The highest BCUT2D eigenvalue weighted by Crippen LogP contribution is 2.22. The van der Waals surface area contributed by atoms with Crippen LogP contribution in [0, 0.1) is 13.8 Å². The van der Waals surface area contributed by atoms with Gasteiger partial charge in [0.1, 0.15) is 0 Å². The first-order chi connectivity index (χ1) is 14.3. The van der Waals surface area contributed by atoms with Crippen LogP contribution in [0.15, 0.2) is 36.4 Å². The fourth-order valence-corrected chi connectivity index (χ4v) is 3.51. The maximum atomic E-state index is 12.1. The van der Waals surface area contributed by atoms with Gasteiger partial charge < -0.3 is 10.6 Å². The molecule has 4 nitrogen and oxygen atoms in total. The summed E-state index contributed by atoms with van der Waals surface area (Å²) in [6.07, 6.45) is 6.89. The van der Waals surface area contributed by atoms with Crippen LogP contribution in [0.1, 0.15) is 62.5 Å². The monoisotopic (exact) mass is 448 g/mol. The number of benzene rings is 2. The van der Waals surface area contributed by atoms with E-state index in [9.17, 15) is 9.59 Å². The summed E-state index contributed by atoms with van der Waals surface area (Å²) in [5, 5.41) is 7.09. The highest BCUT2D eigenvalue weighted by molar-refractivity contribution is 6.31. The van der Waals surface area contributed by atoms with E-state index in [-0.39, 0.29) is 11.8 Å². The lowest BCUT2D eigenvalue weighted by Crippen LogP contribution is -2.12. The van der Waals surface area contributed by atoms with Crippen LogP contribution < -0.4 is 10.6 Å². The first-order valence-electron chi connectivity index (χ1n) is 10.5. The topological polar surface area (TPSA) is 58.2 Å². The lowest BCUT2D eigenvalue weighted by molar-refractivity contribution is -0.117. The SMILES string of the molecule is Cc1ccc(Cl)cc1NC(=O)CCCCCCCCC(=O)Nc1cc(Cl)ccc1C. The minimum Gasteiger partial charge on any atom is -0.326 e. The van der Waals surface area contributed by atoms with E-state index in [0.29, 0.717) is 22.9 Å². The molecule has 0 heterocycles. The average molecular weight is 449 g/mol. The van der Waals surface area contributed by atoms with E-state index in [2.05, 4.69) is 10.6 Å². The van der Waals surface area contributed by atoms with Crippen LogP contribution in [-0.4, -0.2) is 11.8 Å². The van der Waals surface area contributed by atoms with Crippen molar-refractivity contribution in [2.24, 2.45) is 0 Å². The minimum atomic E-state index is 0.0216. The zero-order valence-corrected chi connectivity index (χ0v) is 19.2. The Morgan fingerprint density at radius 2 is 1.03 bits per heavy atom. The molecule has 6 heteroatoms. The Morgan fingerprint density at radius 1 is 0.667 bits per heavy atom. The smallest absolute Gasteiger partial charge is 0.224 e. The van der Waals surface area contributed by atoms with Crippen molar-refractivity contribution in [2.75, 3.05) is 10.6 Å². The summed E-state index contributed by atoms with van der Waals surface area (Å²) in [7, 11) is 0. The van der Waals surface area contributed by atoms with E-state index in [1.807, 2.05) is 38.1 Å². The summed E-state index contributed by atoms with van der Waals surface area (Å²) in [4.78, 5) is 24.1. The maximum absolute atomic E-state index is 12.1. The fraction of sp³-hybridized carbons (Fsp3) is 0.417. The number of aryl methyl sites for hydroxylation is 2. The molecule has 0 aliphatic carbocycles. The molecule has 2 aromatic carbocycles. The summed E-state index contributed by atoms with van der Waals surface area (Å²) in [6.45, 7) is 3.89. The van der Waals surface area contributed by atoms with Gasteiger partial charge in [0.05, 0.1) is 0 Å². The molecule has 0 unspecified atom stereocenters. The number of nitrogens with one attached hydrogen (secondary N) is 2. The molecule has 2 rings (SSSR count). The first kappa shape index (κ1) is 24.2. The van der Waals surface area contributed by atoms with Gasteiger partial charge in [0.15, 0.2) is 0 Å². The first-order valence-corrected chi connectivity index (χ1v) is 11.2. The van der Waals surface area contributed by atoms with Crippen LogP contribution in [0.3, 0.4) is 0 Å². The zero-order valence-electron chi connectivity index (χ0n) is 17.7. The van der Waals surface area contributed by atoms with Crippen LogP contribution in [0.5, 0.6) is 0 Å². The molecule has 2 aromatic rings. The van der Waals surface area contributed by atoms with Gasteiger partial charge in [0.2, 0.25) is 11.8 Å². The van der Waals surface area contributed by atoms with Crippen LogP contribution >= 0.6 is 23.2 Å². The van der Waals surface area contributed by atoms with Gasteiger partial charge in [0.25, 0.3) is 0 Å². The fourth-order valence-electron chi connectivity index (χ4n) is 3.16. The number of hydrogen-bond donors (Lipinski definition) is 2. The van der Waals surface area contributed by atoms with Crippen molar-refractivity contribution in [3.05, 3.63) is 57.6 Å². The molecule has 0 aliphatic heterocycles. The van der Waals surface area contributed by atoms with Crippen LogP contribution in [0.25, 0.3) is 0 Å². The average Bonchev–Trinajstić information content (AvgIpc) is 2.69. The summed E-state index contributed by atoms with van der Waals surface area (Å²) in [6, 6.07) is 11.0. The van der Waals surface area contributed by atoms with Crippen molar-refractivity contribution in [3.8, 4) is 0 Å². The van der Waals surface area contributed by atoms with Crippen molar-refractivity contribution >= 4 is 46.4 Å². The minimum absolute atomic E-state index is 0.0216. The molecular weight excluding hydrogens is 419 g/mol. The molecule has 0 saturated heterocycles. The Morgan fingerprint density at radius 3 is 1.43 bits per heavy atom. The van der Waals surface area contributed by atoms with Crippen molar-refractivity contribution in [3.63, 3.8) is 0 Å². The van der Waals surface area contributed by atoms with Crippen LogP contribution in [0.2, 0.25) is 10.0 Å². The molecule has 2 N–H and O–H groups in total. The number of unbranched alkanes of at least 4 members (excludes halogenated alkanes) is 5. The molecule has 0 radical (unpaired) electrons. The Balaban J connectivity index is 1.52. The molecular formula is C24H30Cl2N2O2. The third kappa shape index (κ3) is 8.76. The van der Waals surface area contributed by atoms with Gasteiger partial charge in [-0.2, -0.15) is 0 Å². The third-order valence-electron chi connectivity index (χ3n) is 5.01. The van der Waals surface area contributed by atoms with Crippen LogP contribution in [0.4, 0.5) is 11.4 Å². The van der Waals surface area contributed by atoms with Crippen molar-refractivity contribution in [2.45, 2.75) is 65.2 Å². The van der Waals surface area contributed by atoms with Crippen molar-refractivity contribution < 1.29 is 9.59 Å². The number of carbonyl (C=O) groups is 2. The molecule has 0 saturated carbocycles. The highest BCUT2D eigenvalue weighted by Gasteiger charge is 2.07. The van der Waals surface area contributed by atoms with E-state index in [1.54, 1.807) is 12.1 Å². The van der Waals surface area contributed by atoms with Gasteiger partial charge in [-0.15, -0.1) is 0 Å². The second kappa shape index (κ2) is 12.6. The molecule has 0 aromatic heterocycles. The quantitative estimate of drug-likeness (QED) is 0.354. The second-order valence-electron chi connectivity index (χ2n) is 7.64. The highest BCUT2D eigenvalue weighted by atomic mass is 35.5. The molecule has 30 heavy (non-hydrogen) atoms. The summed E-state index contributed by atoms with van der Waals surface area (Å²) in [5.41, 5.74) is 3.56. The Bertz CT molecular complexity index is 797. The Labute approximate surface area is 189 Å². The van der Waals surface area contributed by atoms with E-state index < -0.39 is 0 Å². The number of rotatable bonds is 11. The number of anilines is 2. The number of amides is 2. The van der Waals surface area contributed by atoms with Gasteiger partial charge in [-0.05, 0) is 62.1 Å². The van der Waals surface area contributed by atoms with Crippen molar-refractivity contribution in [1.82, 2.24) is 0 Å². The van der Waals surface area contributed by atoms with Gasteiger partial charge in [-0.25, -0.2) is 0 Å². The number of hydrogen-bond acceptors (Lipinski definition) is 2. The summed E-state index contributed by atoms with van der Waals surface area (Å²) in [5.74, 6) is 0.0432. The maximum Gasteiger partial charge on any atom is 0.224 e. The van der Waals surface area contributed by atoms with Crippen LogP contribution in [-0.2, 0) is 9.59 Å².